The number of aryl methyl sites for hydroxylation is 1. The first-order chi connectivity index (χ1) is 10.7. The van der Waals surface area contributed by atoms with Gasteiger partial charge < -0.3 is 9.64 Å². The van der Waals surface area contributed by atoms with Gasteiger partial charge in [0.2, 0.25) is 11.8 Å². The van der Waals surface area contributed by atoms with E-state index in [1.807, 2.05) is 24.0 Å². The quantitative estimate of drug-likeness (QED) is 0.861. The molecule has 1 saturated heterocycles. The number of carbonyl (C=O) groups is 1. The highest BCUT2D eigenvalue weighted by molar-refractivity contribution is 5.79. The molecule has 0 N–H and O–H groups in total. The van der Waals surface area contributed by atoms with Gasteiger partial charge in [-0.15, -0.1) is 5.10 Å². The molecule has 5 nitrogen and oxygen atoms in total. The number of carbonyl (C=O) groups excluding carboxylic acids is 1. The van der Waals surface area contributed by atoms with Gasteiger partial charge in [-0.05, 0) is 38.7 Å². The van der Waals surface area contributed by atoms with Crippen LogP contribution >= 0.6 is 0 Å². The van der Waals surface area contributed by atoms with Gasteiger partial charge in [-0.2, -0.15) is 5.10 Å². The van der Waals surface area contributed by atoms with Crippen molar-refractivity contribution in [2.45, 2.75) is 58.0 Å². The summed E-state index contributed by atoms with van der Waals surface area (Å²) in [5, 5.41) is 8.07. The van der Waals surface area contributed by atoms with Crippen LogP contribution in [0.1, 0.15) is 50.6 Å². The Morgan fingerprint density at radius 1 is 1.14 bits per heavy atom. The van der Waals surface area contributed by atoms with Crippen molar-refractivity contribution < 1.29 is 9.53 Å². The Morgan fingerprint density at radius 2 is 1.95 bits per heavy atom. The zero-order valence-electron chi connectivity index (χ0n) is 13.3. The molecule has 1 saturated carbocycles. The van der Waals surface area contributed by atoms with Gasteiger partial charge in [-0.1, -0.05) is 19.3 Å². The van der Waals surface area contributed by atoms with Crippen molar-refractivity contribution >= 4 is 5.91 Å². The fourth-order valence-corrected chi connectivity index (χ4v) is 3.46. The van der Waals surface area contributed by atoms with E-state index in [9.17, 15) is 4.79 Å². The van der Waals surface area contributed by atoms with E-state index in [1.54, 1.807) is 0 Å². The van der Waals surface area contributed by atoms with Crippen LogP contribution in [-0.2, 0) is 4.79 Å². The molecule has 1 unspecified atom stereocenters. The third-order valence-corrected chi connectivity index (χ3v) is 4.71. The highest BCUT2D eigenvalue weighted by atomic mass is 16.5. The highest BCUT2D eigenvalue weighted by Gasteiger charge is 2.30. The second-order valence-electron chi connectivity index (χ2n) is 6.51. The van der Waals surface area contributed by atoms with Crippen molar-refractivity contribution in [2.24, 2.45) is 5.92 Å². The Kier molecular flexibility index (Phi) is 4.90. The summed E-state index contributed by atoms with van der Waals surface area (Å²) < 4.78 is 5.91. The summed E-state index contributed by atoms with van der Waals surface area (Å²) in [4.78, 5) is 14.6. The number of ether oxygens (including phenoxy) is 1. The van der Waals surface area contributed by atoms with Crippen LogP contribution in [-0.4, -0.2) is 40.2 Å². The molecule has 2 heterocycles. The van der Waals surface area contributed by atoms with Crippen LogP contribution in [0.15, 0.2) is 12.1 Å². The minimum atomic E-state index is 0.0401. The summed E-state index contributed by atoms with van der Waals surface area (Å²) in [5.74, 6) is 1.14. The largest absolute Gasteiger partial charge is 0.471 e. The van der Waals surface area contributed by atoms with Crippen LogP contribution in [0.2, 0.25) is 0 Å². The van der Waals surface area contributed by atoms with Crippen molar-refractivity contribution in [3.63, 3.8) is 0 Å². The molecule has 0 spiro atoms. The predicted molar refractivity (Wildman–Crippen MR) is 83.6 cm³/mol. The van der Waals surface area contributed by atoms with Gasteiger partial charge in [0.15, 0.2) is 0 Å². The maximum Gasteiger partial charge on any atom is 0.233 e. The fraction of sp³-hybridized carbons (Fsp3) is 0.706. The van der Waals surface area contributed by atoms with Crippen molar-refractivity contribution in [1.82, 2.24) is 15.1 Å². The Morgan fingerprint density at radius 3 is 2.68 bits per heavy atom. The number of rotatable bonds is 3. The number of piperidine rings is 1. The molecule has 1 amide bonds. The zero-order chi connectivity index (χ0) is 15.4. The molecule has 0 aromatic carbocycles. The first-order valence-corrected chi connectivity index (χ1v) is 8.48. The van der Waals surface area contributed by atoms with Gasteiger partial charge in [0.25, 0.3) is 0 Å². The summed E-state index contributed by atoms with van der Waals surface area (Å²) in [6, 6.07) is 3.75. The lowest BCUT2D eigenvalue weighted by molar-refractivity contribution is -0.139. The van der Waals surface area contributed by atoms with Gasteiger partial charge in [-0.3, -0.25) is 4.79 Å². The molecule has 2 aliphatic rings. The smallest absolute Gasteiger partial charge is 0.233 e. The fourth-order valence-electron chi connectivity index (χ4n) is 3.46. The molecule has 5 heteroatoms. The Balaban J connectivity index is 1.56. The summed E-state index contributed by atoms with van der Waals surface area (Å²) in [6.45, 7) is 3.46. The van der Waals surface area contributed by atoms with Gasteiger partial charge in [0.1, 0.15) is 6.10 Å². The monoisotopic (exact) mass is 303 g/mol. The van der Waals surface area contributed by atoms with Crippen molar-refractivity contribution in [1.29, 1.82) is 0 Å². The molecule has 0 bridgehead atoms. The second-order valence-corrected chi connectivity index (χ2v) is 6.51. The van der Waals surface area contributed by atoms with Crippen LogP contribution in [0.3, 0.4) is 0 Å². The van der Waals surface area contributed by atoms with E-state index in [2.05, 4.69) is 10.2 Å². The van der Waals surface area contributed by atoms with E-state index >= 15 is 0 Å². The van der Waals surface area contributed by atoms with Gasteiger partial charge in [0.05, 0.1) is 12.2 Å². The molecule has 22 heavy (non-hydrogen) atoms. The van der Waals surface area contributed by atoms with Crippen molar-refractivity contribution in [2.75, 3.05) is 13.1 Å². The minimum Gasteiger partial charge on any atom is -0.471 e. The number of likely N-dealkylation sites (tertiary alicyclic amines) is 1. The first kappa shape index (κ1) is 15.3. The summed E-state index contributed by atoms with van der Waals surface area (Å²) in [5.41, 5.74) is 0.880. The highest BCUT2D eigenvalue weighted by Crippen LogP contribution is 2.27. The number of nitrogens with zero attached hydrogens (tertiary/aromatic N) is 3. The van der Waals surface area contributed by atoms with Crippen LogP contribution in [0.25, 0.3) is 0 Å². The van der Waals surface area contributed by atoms with Gasteiger partial charge >= 0.3 is 0 Å². The van der Waals surface area contributed by atoms with E-state index in [0.29, 0.717) is 18.3 Å². The summed E-state index contributed by atoms with van der Waals surface area (Å²) in [6.07, 6.45) is 7.81. The second kappa shape index (κ2) is 7.07. The summed E-state index contributed by atoms with van der Waals surface area (Å²) in [7, 11) is 0. The predicted octanol–water partition coefficient (Wildman–Crippen LogP) is 2.74. The molecule has 0 radical (unpaired) electrons. The zero-order valence-corrected chi connectivity index (χ0v) is 13.3. The number of amides is 1. The lowest BCUT2D eigenvalue weighted by atomic mass is 9.88. The SMILES string of the molecule is Cc1ccc(OC2CCCN(C(=O)C3CCCCC3)C2)nn1. The molecule has 1 aliphatic heterocycles. The molecule has 1 atom stereocenters. The lowest BCUT2D eigenvalue weighted by Crippen LogP contribution is -2.47. The number of hydrogen-bond acceptors (Lipinski definition) is 4. The van der Waals surface area contributed by atoms with E-state index in [0.717, 1.165) is 37.9 Å². The maximum absolute atomic E-state index is 12.6. The third kappa shape index (κ3) is 3.76. The minimum absolute atomic E-state index is 0.0401. The number of aromatic nitrogens is 2. The Bertz CT molecular complexity index is 497. The van der Waals surface area contributed by atoms with E-state index in [1.165, 1.54) is 19.3 Å². The molecule has 1 aromatic rings. The van der Waals surface area contributed by atoms with Crippen molar-refractivity contribution in [3.05, 3.63) is 17.8 Å². The molecule has 1 aromatic heterocycles. The van der Waals surface area contributed by atoms with Crippen LogP contribution in [0.5, 0.6) is 5.88 Å². The van der Waals surface area contributed by atoms with Crippen LogP contribution < -0.4 is 4.74 Å². The van der Waals surface area contributed by atoms with Gasteiger partial charge in [0, 0.05) is 18.5 Å². The van der Waals surface area contributed by atoms with Gasteiger partial charge in [-0.25, -0.2) is 0 Å². The lowest BCUT2D eigenvalue weighted by Gasteiger charge is -2.35. The molecule has 3 rings (SSSR count). The van der Waals surface area contributed by atoms with E-state index in [4.69, 9.17) is 4.74 Å². The standard InChI is InChI=1S/C17H25N3O2/c1-13-9-10-16(19-18-13)22-15-8-5-11-20(12-15)17(21)14-6-3-2-4-7-14/h9-10,14-15H,2-8,11-12H2,1H3. The molecule has 2 fully saturated rings. The van der Waals surface area contributed by atoms with Crippen molar-refractivity contribution in [3.8, 4) is 5.88 Å². The third-order valence-electron chi connectivity index (χ3n) is 4.71. The normalized spacial score (nSPS) is 23.3. The van der Waals surface area contributed by atoms with E-state index < -0.39 is 0 Å². The van der Waals surface area contributed by atoms with E-state index in [-0.39, 0.29) is 12.0 Å². The number of hydrogen-bond donors (Lipinski definition) is 0. The molecular weight excluding hydrogens is 278 g/mol. The van der Waals surface area contributed by atoms with Crippen LogP contribution in [0, 0.1) is 12.8 Å². The van der Waals surface area contributed by atoms with Crippen LogP contribution in [0.4, 0.5) is 0 Å². The molecular formula is C17H25N3O2. The average Bonchev–Trinajstić information content (AvgIpc) is 2.57. The Labute approximate surface area is 132 Å². The topological polar surface area (TPSA) is 55.3 Å². The first-order valence-electron chi connectivity index (χ1n) is 8.48. The summed E-state index contributed by atoms with van der Waals surface area (Å²) >= 11 is 0. The maximum atomic E-state index is 12.6. The Hall–Kier alpha value is -1.65. The average molecular weight is 303 g/mol. The molecule has 1 aliphatic carbocycles. The molecule has 120 valence electrons.